The van der Waals surface area contributed by atoms with Crippen molar-refractivity contribution in [3.8, 4) is 6.07 Å². The van der Waals surface area contributed by atoms with Gasteiger partial charge in [-0.1, -0.05) is 17.7 Å². The van der Waals surface area contributed by atoms with Crippen molar-refractivity contribution in [2.45, 2.75) is 26.9 Å². The Morgan fingerprint density at radius 3 is 2.86 bits per heavy atom. The zero-order valence-electron chi connectivity index (χ0n) is 12.0. The fraction of sp³-hybridized carbons (Fsp3) is 0.250. The Balaban J connectivity index is 2.10. The molecule has 106 valence electrons. The van der Waals surface area contributed by atoms with Gasteiger partial charge in [-0.2, -0.15) is 10.4 Å². The second kappa shape index (κ2) is 5.27. The standard InChI is InChI=1S/C16H15ClN4/c1-3-21-15(16(17)11(2)19-21)10-20-8-7-13-12(9-18)5-4-6-14(13)20/h4-8H,3,10H2,1-2H3. The van der Waals surface area contributed by atoms with E-state index >= 15 is 0 Å². The summed E-state index contributed by atoms with van der Waals surface area (Å²) in [6.07, 6.45) is 1.99. The monoisotopic (exact) mass is 298 g/mol. The van der Waals surface area contributed by atoms with E-state index in [1.54, 1.807) is 0 Å². The summed E-state index contributed by atoms with van der Waals surface area (Å²) in [6, 6.07) is 9.96. The Bertz CT molecular complexity index is 851. The van der Waals surface area contributed by atoms with E-state index in [4.69, 9.17) is 16.9 Å². The van der Waals surface area contributed by atoms with Crippen LogP contribution in [0.25, 0.3) is 10.9 Å². The van der Waals surface area contributed by atoms with Gasteiger partial charge in [0.05, 0.1) is 34.6 Å². The van der Waals surface area contributed by atoms with E-state index in [1.165, 1.54) is 0 Å². The molecule has 2 heterocycles. The number of nitriles is 1. The summed E-state index contributed by atoms with van der Waals surface area (Å²) < 4.78 is 4.03. The second-order valence-corrected chi connectivity index (χ2v) is 5.33. The predicted octanol–water partition coefficient (Wildman–Crippen LogP) is 3.74. The minimum atomic E-state index is 0.645. The third-order valence-electron chi connectivity index (χ3n) is 3.71. The Hall–Kier alpha value is -2.25. The second-order valence-electron chi connectivity index (χ2n) is 4.96. The third-order valence-corrected chi connectivity index (χ3v) is 4.20. The van der Waals surface area contributed by atoms with E-state index in [0.29, 0.717) is 12.1 Å². The number of hydrogen-bond donors (Lipinski definition) is 0. The first kappa shape index (κ1) is 13.7. The highest BCUT2D eigenvalue weighted by molar-refractivity contribution is 6.31. The van der Waals surface area contributed by atoms with Crippen LogP contribution in [0, 0.1) is 18.3 Å². The number of aromatic nitrogens is 3. The third kappa shape index (κ3) is 2.20. The minimum Gasteiger partial charge on any atom is -0.341 e. The van der Waals surface area contributed by atoms with Crippen LogP contribution >= 0.6 is 11.6 Å². The van der Waals surface area contributed by atoms with E-state index in [-0.39, 0.29) is 0 Å². The molecule has 5 heteroatoms. The van der Waals surface area contributed by atoms with Gasteiger partial charge in [0.1, 0.15) is 0 Å². The van der Waals surface area contributed by atoms with Crippen molar-refractivity contribution in [1.29, 1.82) is 5.26 Å². The molecule has 0 saturated heterocycles. The fourth-order valence-electron chi connectivity index (χ4n) is 2.64. The molecule has 0 radical (unpaired) electrons. The van der Waals surface area contributed by atoms with Crippen LogP contribution in [0.2, 0.25) is 5.02 Å². The molecule has 4 nitrogen and oxygen atoms in total. The first-order valence-corrected chi connectivity index (χ1v) is 7.23. The zero-order chi connectivity index (χ0) is 15.0. The molecule has 0 amide bonds. The van der Waals surface area contributed by atoms with Gasteiger partial charge in [0.15, 0.2) is 0 Å². The lowest BCUT2D eigenvalue weighted by Crippen LogP contribution is -2.07. The van der Waals surface area contributed by atoms with Gasteiger partial charge in [0.2, 0.25) is 0 Å². The lowest BCUT2D eigenvalue weighted by molar-refractivity contribution is 0.602. The molecule has 0 N–H and O–H groups in total. The largest absolute Gasteiger partial charge is 0.341 e. The Morgan fingerprint density at radius 2 is 2.14 bits per heavy atom. The van der Waals surface area contributed by atoms with Gasteiger partial charge in [0, 0.05) is 23.6 Å². The van der Waals surface area contributed by atoms with Crippen LogP contribution in [0.15, 0.2) is 30.5 Å². The summed E-state index contributed by atoms with van der Waals surface area (Å²) in [7, 11) is 0. The molecule has 0 aliphatic heterocycles. The molecule has 0 bridgehead atoms. The number of hydrogen-bond acceptors (Lipinski definition) is 2. The molecule has 0 aliphatic carbocycles. The summed E-state index contributed by atoms with van der Waals surface area (Å²) in [4.78, 5) is 0. The molecule has 21 heavy (non-hydrogen) atoms. The molecular weight excluding hydrogens is 284 g/mol. The van der Waals surface area contributed by atoms with Crippen molar-refractivity contribution in [2.75, 3.05) is 0 Å². The Morgan fingerprint density at radius 1 is 1.33 bits per heavy atom. The maximum Gasteiger partial charge on any atom is 0.0998 e. The SMILES string of the molecule is CCn1nc(C)c(Cl)c1Cn1ccc2c(C#N)cccc21. The highest BCUT2D eigenvalue weighted by atomic mass is 35.5. The van der Waals surface area contributed by atoms with E-state index < -0.39 is 0 Å². The smallest absolute Gasteiger partial charge is 0.0998 e. The van der Waals surface area contributed by atoms with Crippen molar-refractivity contribution in [3.05, 3.63) is 52.4 Å². The average molecular weight is 299 g/mol. The molecule has 0 spiro atoms. The number of fused-ring (bicyclic) bond motifs is 1. The normalized spacial score (nSPS) is 11.0. The molecule has 0 fully saturated rings. The number of halogens is 1. The topological polar surface area (TPSA) is 46.5 Å². The lowest BCUT2D eigenvalue weighted by Gasteiger charge is -2.08. The Labute approximate surface area is 128 Å². The molecule has 2 aromatic heterocycles. The summed E-state index contributed by atoms with van der Waals surface area (Å²) in [5.74, 6) is 0. The van der Waals surface area contributed by atoms with Gasteiger partial charge in [0.25, 0.3) is 0 Å². The van der Waals surface area contributed by atoms with Gasteiger partial charge in [-0.3, -0.25) is 4.68 Å². The first-order chi connectivity index (χ1) is 10.2. The predicted molar refractivity (Wildman–Crippen MR) is 83.4 cm³/mol. The zero-order valence-corrected chi connectivity index (χ0v) is 12.7. The van der Waals surface area contributed by atoms with Crippen molar-refractivity contribution in [2.24, 2.45) is 0 Å². The number of rotatable bonds is 3. The van der Waals surface area contributed by atoms with Gasteiger partial charge in [-0.25, -0.2) is 0 Å². The number of benzene rings is 1. The Kier molecular flexibility index (Phi) is 3.44. The molecular formula is C16H15ClN4. The number of nitrogens with zero attached hydrogens (tertiary/aromatic N) is 4. The van der Waals surface area contributed by atoms with E-state index in [2.05, 4.69) is 15.7 Å². The molecule has 1 aromatic carbocycles. The quantitative estimate of drug-likeness (QED) is 0.739. The van der Waals surface area contributed by atoms with Crippen molar-refractivity contribution >= 4 is 22.5 Å². The number of aryl methyl sites for hydroxylation is 2. The van der Waals surface area contributed by atoms with Crippen molar-refractivity contribution in [1.82, 2.24) is 14.3 Å². The van der Waals surface area contributed by atoms with E-state index in [0.717, 1.165) is 33.9 Å². The van der Waals surface area contributed by atoms with Crippen LogP contribution in [0.1, 0.15) is 23.9 Å². The maximum atomic E-state index is 9.17. The van der Waals surface area contributed by atoms with Gasteiger partial charge < -0.3 is 4.57 Å². The van der Waals surface area contributed by atoms with Crippen LogP contribution < -0.4 is 0 Å². The highest BCUT2D eigenvalue weighted by Crippen LogP contribution is 2.25. The summed E-state index contributed by atoms with van der Waals surface area (Å²) in [6.45, 7) is 5.39. The van der Waals surface area contributed by atoms with Crippen LogP contribution in [0.4, 0.5) is 0 Å². The van der Waals surface area contributed by atoms with Crippen LogP contribution in [0.3, 0.4) is 0 Å². The summed E-state index contributed by atoms with van der Waals surface area (Å²) in [5.41, 5.74) is 3.57. The first-order valence-electron chi connectivity index (χ1n) is 6.85. The molecule has 3 rings (SSSR count). The highest BCUT2D eigenvalue weighted by Gasteiger charge is 2.14. The molecule has 0 aliphatic rings. The molecule has 3 aromatic rings. The van der Waals surface area contributed by atoms with Gasteiger partial charge >= 0.3 is 0 Å². The summed E-state index contributed by atoms with van der Waals surface area (Å²) >= 11 is 6.37. The van der Waals surface area contributed by atoms with Crippen LogP contribution in [-0.2, 0) is 13.1 Å². The summed E-state index contributed by atoms with van der Waals surface area (Å²) in [5, 5.41) is 15.3. The van der Waals surface area contributed by atoms with Crippen LogP contribution in [0.5, 0.6) is 0 Å². The minimum absolute atomic E-state index is 0.645. The fourth-order valence-corrected chi connectivity index (χ4v) is 2.84. The van der Waals surface area contributed by atoms with Crippen molar-refractivity contribution in [3.63, 3.8) is 0 Å². The van der Waals surface area contributed by atoms with Gasteiger partial charge in [-0.05, 0) is 32.0 Å². The molecule has 0 unspecified atom stereocenters. The van der Waals surface area contributed by atoms with Gasteiger partial charge in [-0.15, -0.1) is 0 Å². The van der Waals surface area contributed by atoms with E-state index in [1.807, 2.05) is 49.0 Å². The maximum absolute atomic E-state index is 9.17. The average Bonchev–Trinajstić information content (AvgIpc) is 3.03. The van der Waals surface area contributed by atoms with Crippen LogP contribution in [-0.4, -0.2) is 14.3 Å². The molecule has 0 saturated carbocycles. The van der Waals surface area contributed by atoms with Crippen molar-refractivity contribution < 1.29 is 0 Å². The lowest BCUT2D eigenvalue weighted by atomic mass is 10.1. The molecule has 0 atom stereocenters. The van der Waals surface area contributed by atoms with E-state index in [9.17, 15) is 0 Å².